The third kappa shape index (κ3) is 2.19. The quantitative estimate of drug-likeness (QED) is 0.868. The number of halogens is 1. The van der Waals surface area contributed by atoms with Crippen LogP contribution in [0.5, 0.6) is 0 Å². The Hall–Kier alpha value is -1.02. The fourth-order valence-corrected chi connectivity index (χ4v) is 3.02. The Morgan fingerprint density at radius 2 is 1.94 bits per heavy atom. The standard InChI is InChI=1S/C14H17ClO2/c1-10-6-8-14(9-7-10,13(16)17)11-4-2-3-5-12(11)15/h2-5,10H,6-9H2,1H3,(H,16,17). The SMILES string of the molecule is CC1CCC(C(=O)O)(c2ccccc2Cl)CC1. The molecule has 92 valence electrons. The molecule has 0 radical (unpaired) electrons. The van der Waals surface area contributed by atoms with Gasteiger partial charge in [0.05, 0.1) is 5.41 Å². The summed E-state index contributed by atoms with van der Waals surface area (Å²) in [5.74, 6) is -0.123. The van der Waals surface area contributed by atoms with Crippen LogP contribution in [0.3, 0.4) is 0 Å². The summed E-state index contributed by atoms with van der Waals surface area (Å²) in [5, 5.41) is 10.2. The van der Waals surface area contributed by atoms with Gasteiger partial charge in [0, 0.05) is 5.02 Å². The van der Waals surface area contributed by atoms with Crippen molar-refractivity contribution in [3.63, 3.8) is 0 Å². The van der Waals surface area contributed by atoms with E-state index < -0.39 is 11.4 Å². The Morgan fingerprint density at radius 1 is 1.35 bits per heavy atom. The normalized spacial score (nSPS) is 28.9. The molecule has 0 atom stereocenters. The predicted octanol–water partition coefficient (Wildman–Crippen LogP) is 3.87. The van der Waals surface area contributed by atoms with Gasteiger partial charge in [-0.05, 0) is 43.2 Å². The van der Waals surface area contributed by atoms with Crippen LogP contribution in [0, 0.1) is 5.92 Å². The van der Waals surface area contributed by atoms with E-state index in [0.29, 0.717) is 23.8 Å². The number of carboxylic acids is 1. The van der Waals surface area contributed by atoms with Crippen LogP contribution in [-0.4, -0.2) is 11.1 Å². The number of aliphatic carboxylic acids is 1. The van der Waals surface area contributed by atoms with Crippen molar-refractivity contribution in [2.45, 2.75) is 38.0 Å². The lowest BCUT2D eigenvalue weighted by Crippen LogP contribution is -2.39. The third-order valence-electron chi connectivity index (χ3n) is 3.93. The second kappa shape index (κ2) is 4.69. The van der Waals surface area contributed by atoms with Crippen molar-refractivity contribution in [1.29, 1.82) is 0 Å². The molecule has 0 heterocycles. The van der Waals surface area contributed by atoms with Crippen molar-refractivity contribution < 1.29 is 9.90 Å². The van der Waals surface area contributed by atoms with Gasteiger partial charge in [-0.25, -0.2) is 0 Å². The van der Waals surface area contributed by atoms with Gasteiger partial charge in [0.2, 0.25) is 0 Å². The first kappa shape index (κ1) is 12.4. The molecule has 0 amide bonds. The number of benzene rings is 1. The molecule has 0 saturated heterocycles. The van der Waals surface area contributed by atoms with Crippen LogP contribution in [0.15, 0.2) is 24.3 Å². The van der Waals surface area contributed by atoms with Crippen molar-refractivity contribution in [2.24, 2.45) is 5.92 Å². The van der Waals surface area contributed by atoms with E-state index in [2.05, 4.69) is 6.92 Å². The van der Waals surface area contributed by atoms with Gasteiger partial charge in [0.15, 0.2) is 0 Å². The number of hydrogen-bond acceptors (Lipinski definition) is 1. The summed E-state index contributed by atoms with van der Waals surface area (Å²) in [6.45, 7) is 2.18. The summed E-state index contributed by atoms with van der Waals surface area (Å²) in [6, 6.07) is 7.34. The van der Waals surface area contributed by atoms with E-state index in [-0.39, 0.29) is 0 Å². The van der Waals surface area contributed by atoms with Crippen LogP contribution in [0.1, 0.15) is 38.2 Å². The van der Waals surface area contributed by atoms with Gasteiger partial charge in [0.1, 0.15) is 0 Å². The zero-order valence-corrected chi connectivity index (χ0v) is 10.7. The van der Waals surface area contributed by atoms with Gasteiger partial charge in [0.25, 0.3) is 0 Å². The van der Waals surface area contributed by atoms with Crippen molar-refractivity contribution >= 4 is 17.6 Å². The highest BCUT2D eigenvalue weighted by Gasteiger charge is 2.43. The van der Waals surface area contributed by atoms with Crippen LogP contribution in [0.2, 0.25) is 5.02 Å². The van der Waals surface area contributed by atoms with Gasteiger partial charge in [-0.15, -0.1) is 0 Å². The molecular formula is C14H17ClO2. The minimum absolute atomic E-state index is 0.574. The predicted molar refractivity (Wildman–Crippen MR) is 68.4 cm³/mol. The first-order valence-electron chi connectivity index (χ1n) is 6.05. The summed E-state index contributed by atoms with van der Waals surface area (Å²) in [5.41, 5.74) is 0.00580. The average molecular weight is 253 g/mol. The molecule has 1 saturated carbocycles. The van der Waals surface area contributed by atoms with Gasteiger partial charge < -0.3 is 5.11 Å². The Labute approximate surface area is 107 Å². The number of hydrogen-bond donors (Lipinski definition) is 1. The summed E-state index contributed by atoms with van der Waals surface area (Å²) in [7, 11) is 0. The zero-order valence-electron chi connectivity index (χ0n) is 9.95. The summed E-state index contributed by atoms with van der Waals surface area (Å²) in [4.78, 5) is 11.7. The molecule has 0 aliphatic heterocycles. The Bertz CT molecular complexity index is 420. The van der Waals surface area contributed by atoms with Crippen LogP contribution in [-0.2, 0) is 10.2 Å². The average Bonchev–Trinajstić information content (AvgIpc) is 2.31. The minimum atomic E-state index is -0.773. The number of carbonyl (C=O) groups is 1. The largest absolute Gasteiger partial charge is 0.481 e. The molecule has 0 unspecified atom stereocenters. The van der Waals surface area contributed by atoms with E-state index in [9.17, 15) is 9.90 Å². The molecule has 3 heteroatoms. The molecule has 0 aromatic heterocycles. The molecular weight excluding hydrogens is 236 g/mol. The first-order valence-corrected chi connectivity index (χ1v) is 6.42. The monoisotopic (exact) mass is 252 g/mol. The third-order valence-corrected chi connectivity index (χ3v) is 4.26. The van der Waals surface area contributed by atoms with E-state index in [4.69, 9.17) is 11.6 Å². The van der Waals surface area contributed by atoms with E-state index in [0.717, 1.165) is 18.4 Å². The smallest absolute Gasteiger partial charge is 0.314 e. The number of carboxylic acid groups (broad SMARTS) is 1. The maximum Gasteiger partial charge on any atom is 0.314 e. The van der Waals surface area contributed by atoms with Crippen molar-refractivity contribution in [1.82, 2.24) is 0 Å². The Morgan fingerprint density at radius 3 is 2.47 bits per heavy atom. The van der Waals surface area contributed by atoms with E-state index in [1.807, 2.05) is 18.2 Å². The molecule has 1 aromatic carbocycles. The van der Waals surface area contributed by atoms with Crippen molar-refractivity contribution in [3.8, 4) is 0 Å². The maximum atomic E-state index is 11.7. The fraction of sp³-hybridized carbons (Fsp3) is 0.500. The fourth-order valence-electron chi connectivity index (χ4n) is 2.70. The Kier molecular flexibility index (Phi) is 3.43. The van der Waals surface area contributed by atoms with Gasteiger partial charge in [-0.3, -0.25) is 4.79 Å². The Balaban J connectivity index is 2.42. The van der Waals surface area contributed by atoms with Gasteiger partial charge in [-0.2, -0.15) is 0 Å². The number of rotatable bonds is 2. The molecule has 0 bridgehead atoms. The van der Waals surface area contributed by atoms with Crippen molar-refractivity contribution in [2.75, 3.05) is 0 Å². The maximum absolute atomic E-state index is 11.7. The molecule has 0 spiro atoms. The zero-order chi connectivity index (χ0) is 12.5. The van der Waals surface area contributed by atoms with Gasteiger partial charge in [-0.1, -0.05) is 36.7 Å². The molecule has 2 rings (SSSR count). The molecule has 1 aromatic rings. The lowest BCUT2D eigenvalue weighted by atomic mass is 9.67. The lowest BCUT2D eigenvalue weighted by molar-refractivity contribution is -0.145. The highest BCUT2D eigenvalue weighted by atomic mass is 35.5. The van der Waals surface area contributed by atoms with Gasteiger partial charge >= 0.3 is 5.97 Å². The molecule has 1 fully saturated rings. The highest BCUT2D eigenvalue weighted by molar-refractivity contribution is 6.31. The van der Waals surface area contributed by atoms with Crippen LogP contribution < -0.4 is 0 Å². The highest BCUT2D eigenvalue weighted by Crippen LogP contribution is 2.44. The molecule has 17 heavy (non-hydrogen) atoms. The molecule has 2 nitrogen and oxygen atoms in total. The second-order valence-electron chi connectivity index (χ2n) is 5.05. The van der Waals surface area contributed by atoms with Crippen LogP contribution in [0.4, 0.5) is 0 Å². The molecule has 1 aliphatic carbocycles. The summed E-state index contributed by atoms with van der Waals surface area (Å²) in [6.07, 6.45) is 3.29. The first-order chi connectivity index (χ1) is 8.06. The van der Waals surface area contributed by atoms with Crippen LogP contribution >= 0.6 is 11.6 Å². The second-order valence-corrected chi connectivity index (χ2v) is 5.46. The molecule has 1 N–H and O–H groups in total. The van der Waals surface area contributed by atoms with Crippen LogP contribution in [0.25, 0.3) is 0 Å². The van der Waals surface area contributed by atoms with E-state index in [1.54, 1.807) is 6.07 Å². The summed E-state index contributed by atoms with van der Waals surface area (Å²) < 4.78 is 0. The van der Waals surface area contributed by atoms with E-state index in [1.165, 1.54) is 0 Å². The minimum Gasteiger partial charge on any atom is -0.481 e. The van der Waals surface area contributed by atoms with Crippen molar-refractivity contribution in [3.05, 3.63) is 34.9 Å². The topological polar surface area (TPSA) is 37.3 Å². The summed E-state index contributed by atoms with van der Waals surface area (Å²) >= 11 is 6.16. The molecule has 1 aliphatic rings. The lowest BCUT2D eigenvalue weighted by Gasteiger charge is -2.36. The van der Waals surface area contributed by atoms with E-state index >= 15 is 0 Å².